The molecular weight excluding hydrogens is 390 g/mol. The number of carbonyl (C=O) groups is 1. The molecule has 6 nitrogen and oxygen atoms in total. The zero-order valence-corrected chi connectivity index (χ0v) is 18.1. The Balaban J connectivity index is 0.00000231. The molecule has 2 aliphatic rings. The zero-order valence-electron chi connectivity index (χ0n) is 18.1. The van der Waals surface area contributed by atoms with Crippen LogP contribution in [-0.2, 0) is 0 Å². The van der Waals surface area contributed by atoms with Gasteiger partial charge in [-0.05, 0) is 87.5 Å². The molecule has 1 aromatic heterocycles. The Morgan fingerprint density at radius 2 is 1.84 bits per heavy atom. The molecule has 1 saturated heterocycles. The van der Waals surface area contributed by atoms with E-state index in [0.29, 0.717) is 11.9 Å². The lowest BCUT2D eigenvalue weighted by molar-refractivity contribution is 0.0730. The summed E-state index contributed by atoms with van der Waals surface area (Å²) in [6.07, 6.45) is 6.15. The van der Waals surface area contributed by atoms with Gasteiger partial charge in [0, 0.05) is 30.8 Å². The Hall–Kier alpha value is -2.70. The van der Waals surface area contributed by atoms with Crippen LogP contribution in [0, 0.1) is 5.92 Å². The smallest absolute Gasteiger partial charge is 0.253 e. The minimum absolute atomic E-state index is 0. The van der Waals surface area contributed by atoms with Crippen LogP contribution in [0.25, 0.3) is 22.6 Å². The third kappa shape index (κ3) is 4.50. The van der Waals surface area contributed by atoms with Crippen LogP contribution in [0.4, 0.5) is 0 Å². The summed E-state index contributed by atoms with van der Waals surface area (Å²) in [5.41, 5.74) is 3.23. The number of hydrogen-bond donors (Lipinski definition) is 0. The van der Waals surface area contributed by atoms with Gasteiger partial charge in [0.25, 0.3) is 5.91 Å². The summed E-state index contributed by atoms with van der Waals surface area (Å²) in [5.74, 6) is 1.42. The number of amides is 1. The Morgan fingerprint density at radius 3 is 2.58 bits per heavy atom. The highest BCUT2D eigenvalue weighted by atomic mass is 16.3. The molecule has 31 heavy (non-hydrogen) atoms. The molecule has 2 N–H and O–H groups in total. The summed E-state index contributed by atoms with van der Waals surface area (Å²) in [6.45, 7) is 3.71. The number of oxazole rings is 1. The van der Waals surface area contributed by atoms with Gasteiger partial charge in [0.05, 0.1) is 0 Å². The molecule has 164 valence electrons. The maximum Gasteiger partial charge on any atom is 0.253 e. The van der Waals surface area contributed by atoms with E-state index in [2.05, 4.69) is 9.88 Å². The van der Waals surface area contributed by atoms with E-state index < -0.39 is 0 Å². The van der Waals surface area contributed by atoms with Crippen molar-refractivity contribution < 1.29 is 14.7 Å². The topological polar surface area (TPSA) is 81.1 Å². The van der Waals surface area contributed by atoms with E-state index in [9.17, 15) is 4.79 Å². The molecule has 2 fully saturated rings. The molecule has 2 atom stereocenters. The van der Waals surface area contributed by atoms with E-state index in [4.69, 9.17) is 4.42 Å². The van der Waals surface area contributed by atoms with Crippen LogP contribution < -0.4 is 0 Å². The van der Waals surface area contributed by atoms with E-state index in [-0.39, 0.29) is 11.4 Å². The maximum absolute atomic E-state index is 13.0. The number of para-hydroxylation sites is 2. The fourth-order valence-corrected chi connectivity index (χ4v) is 5.02. The van der Waals surface area contributed by atoms with E-state index in [0.717, 1.165) is 41.0 Å². The molecule has 0 unspecified atom stereocenters. The lowest BCUT2D eigenvalue weighted by atomic mass is 10.1. The molecule has 2 aromatic carbocycles. The monoisotopic (exact) mass is 421 g/mol. The largest absolute Gasteiger partial charge is 0.436 e. The van der Waals surface area contributed by atoms with Gasteiger partial charge in [-0.25, -0.2) is 4.98 Å². The van der Waals surface area contributed by atoms with Gasteiger partial charge in [-0.15, -0.1) is 0 Å². The van der Waals surface area contributed by atoms with Crippen molar-refractivity contribution in [1.29, 1.82) is 0 Å². The molecule has 6 heteroatoms. The van der Waals surface area contributed by atoms with Gasteiger partial charge in [-0.2, -0.15) is 0 Å². The van der Waals surface area contributed by atoms with Gasteiger partial charge >= 0.3 is 0 Å². The number of benzene rings is 2. The normalized spacial score (nSPS) is 21.3. The summed E-state index contributed by atoms with van der Waals surface area (Å²) in [4.78, 5) is 22.1. The van der Waals surface area contributed by atoms with Crippen LogP contribution in [0.15, 0.2) is 52.9 Å². The van der Waals surface area contributed by atoms with Crippen molar-refractivity contribution in [3.8, 4) is 11.5 Å². The number of aromatic nitrogens is 1. The highest BCUT2D eigenvalue weighted by Crippen LogP contribution is 2.31. The van der Waals surface area contributed by atoms with E-state index >= 15 is 0 Å². The summed E-state index contributed by atoms with van der Waals surface area (Å²) < 4.78 is 5.84. The number of hydrogen-bond acceptors (Lipinski definition) is 4. The number of nitrogens with zero attached hydrogens (tertiary/aromatic N) is 3. The van der Waals surface area contributed by atoms with Gasteiger partial charge in [-0.3, -0.25) is 4.79 Å². The molecule has 0 bridgehead atoms. The van der Waals surface area contributed by atoms with Crippen molar-refractivity contribution in [3.63, 3.8) is 0 Å². The van der Waals surface area contributed by atoms with Gasteiger partial charge in [-0.1, -0.05) is 12.1 Å². The molecule has 3 aromatic rings. The second kappa shape index (κ2) is 9.20. The fraction of sp³-hybridized carbons (Fsp3) is 0.440. The highest BCUT2D eigenvalue weighted by molar-refractivity contribution is 5.94. The van der Waals surface area contributed by atoms with Crippen LogP contribution >= 0.6 is 0 Å². The average molecular weight is 422 g/mol. The summed E-state index contributed by atoms with van der Waals surface area (Å²) in [5, 5.41) is 0. The van der Waals surface area contributed by atoms with Crippen molar-refractivity contribution in [2.45, 2.75) is 38.1 Å². The molecule has 1 aliphatic heterocycles. The first-order valence-corrected chi connectivity index (χ1v) is 11.1. The quantitative estimate of drug-likeness (QED) is 0.623. The predicted molar refractivity (Wildman–Crippen MR) is 122 cm³/mol. The van der Waals surface area contributed by atoms with Crippen LogP contribution in [-0.4, -0.2) is 58.9 Å². The minimum Gasteiger partial charge on any atom is -0.436 e. The standard InChI is InChI=1S/C25H29N3O2.H2O/c1-27(21-13-8-18(16-21)17-28-14-4-5-15-28)25(29)20-11-9-19(10-12-20)24-26-22-6-2-3-7-23(22)30-24;/h2-3,6-7,9-12,18,21H,4-5,8,13-17H2,1H3;1H2/t18-,21+;/m0./s1. The van der Waals surface area contributed by atoms with Crippen LogP contribution in [0.2, 0.25) is 0 Å². The molecular formula is C25H31N3O3. The number of likely N-dealkylation sites (tertiary alicyclic amines) is 1. The lowest BCUT2D eigenvalue weighted by Gasteiger charge is -2.26. The highest BCUT2D eigenvalue weighted by Gasteiger charge is 2.31. The number of rotatable bonds is 5. The molecule has 5 rings (SSSR count). The Labute approximate surface area is 183 Å². The first-order valence-electron chi connectivity index (χ1n) is 11.1. The molecule has 0 spiro atoms. The van der Waals surface area contributed by atoms with Gasteiger partial charge in [0.15, 0.2) is 5.58 Å². The number of fused-ring (bicyclic) bond motifs is 1. The average Bonchev–Trinajstić information content (AvgIpc) is 3.54. The van der Waals surface area contributed by atoms with Crippen LogP contribution in [0.1, 0.15) is 42.5 Å². The molecule has 0 radical (unpaired) electrons. The summed E-state index contributed by atoms with van der Waals surface area (Å²) in [6, 6.07) is 15.7. The van der Waals surface area contributed by atoms with Gasteiger partial charge in [0.1, 0.15) is 5.52 Å². The van der Waals surface area contributed by atoms with Crippen molar-refractivity contribution in [2.75, 3.05) is 26.7 Å². The van der Waals surface area contributed by atoms with E-state index in [1.54, 1.807) is 0 Å². The van der Waals surface area contributed by atoms with Crippen molar-refractivity contribution >= 4 is 17.0 Å². The fourth-order valence-electron chi connectivity index (χ4n) is 5.02. The van der Waals surface area contributed by atoms with Crippen LogP contribution in [0.3, 0.4) is 0 Å². The van der Waals surface area contributed by atoms with Gasteiger partial charge < -0.3 is 19.7 Å². The minimum atomic E-state index is 0. The van der Waals surface area contributed by atoms with Crippen LogP contribution in [0.5, 0.6) is 0 Å². The van der Waals surface area contributed by atoms with Crippen molar-refractivity contribution in [3.05, 3.63) is 54.1 Å². The molecule has 1 saturated carbocycles. The van der Waals surface area contributed by atoms with Gasteiger partial charge in [0.2, 0.25) is 5.89 Å². The number of carbonyl (C=O) groups excluding carboxylic acids is 1. The third-order valence-corrected chi connectivity index (χ3v) is 6.77. The second-order valence-corrected chi connectivity index (χ2v) is 8.82. The van der Waals surface area contributed by atoms with Crippen molar-refractivity contribution in [1.82, 2.24) is 14.8 Å². The Morgan fingerprint density at radius 1 is 1.10 bits per heavy atom. The Kier molecular flexibility index (Phi) is 6.39. The first kappa shape index (κ1) is 21.5. The zero-order chi connectivity index (χ0) is 20.5. The Bertz CT molecular complexity index is 991. The van der Waals surface area contributed by atoms with E-state index in [1.165, 1.54) is 38.9 Å². The second-order valence-electron chi connectivity index (χ2n) is 8.82. The lowest BCUT2D eigenvalue weighted by Crippen LogP contribution is -2.36. The first-order chi connectivity index (χ1) is 14.7. The van der Waals surface area contributed by atoms with Crippen molar-refractivity contribution in [2.24, 2.45) is 5.92 Å². The SMILES string of the molecule is CN(C(=O)c1ccc(-c2nc3ccccc3o2)cc1)[C@@H]1CC[C@H](CN2CCCC2)C1.O. The molecule has 1 aliphatic carbocycles. The van der Waals surface area contributed by atoms with E-state index in [1.807, 2.05) is 60.5 Å². The third-order valence-electron chi connectivity index (χ3n) is 6.77. The molecule has 1 amide bonds. The molecule has 2 heterocycles. The summed E-state index contributed by atoms with van der Waals surface area (Å²) in [7, 11) is 1.96. The summed E-state index contributed by atoms with van der Waals surface area (Å²) >= 11 is 0. The predicted octanol–water partition coefficient (Wildman–Crippen LogP) is 4.01. The maximum atomic E-state index is 13.0.